The lowest BCUT2D eigenvalue weighted by Gasteiger charge is -2.11. The largest absolute Gasteiger partial charge is 0.508 e. The second-order valence-corrected chi connectivity index (χ2v) is 3.51. The summed E-state index contributed by atoms with van der Waals surface area (Å²) in [6, 6.07) is 5.29. The third-order valence-electron chi connectivity index (χ3n) is 1.71. The first kappa shape index (κ1) is 9.51. The van der Waals surface area contributed by atoms with Crippen LogP contribution in [-0.2, 0) is 0 Å². The highest BCUT2D eigenvalue weighted by atomic mass is 79.9. The number of phenols is 1. The molecule has 0 aliphatic heterocycles. The number of hydrogen-bond acceptors (Lipinski definition) is 3. The monoisotopic (exact) mass is 230 g/mol. The van der Waals surface area contributed by atoms with Gasteiger partial charge in [-0.1, -0.05) is 22.0 Å². The van der Waals surface area contributed by atoms with Gasteiger partial charge in [0.05, 0.1) is 0 Å². The fourth-order valence-electron chi connectivity index (χ4n) is 0.973. The number of phenolic OH excluding ortho intramolecular Hbond substituents is 1. The minimum Gasteiger partial charge on any atom is -0.508 e. The predicted octanol–water partition coefficient (Wildman–Crippen LogP) is 1.68. The van der Waals surface area contributed by atoms with Crippen LogP contribution in [0.25, 0.3) is 0 Å². The Morgan fingerprint density at radius 2 is 2.25 bits per heavy atom. The van der Waals surface area contributed by atoms with E-state index in [1.807, 2.05) is 19.1 Å². The molecule has 0 unspecified atom stereocenters. The fraction of sp³-hybridized carbons (Fsp3) is 0.250. The van der Waals surface area contributed by atoms with Crippen molar-refractivity contribution in [1.82, 2.24) is 5.43 Å². The zero-order valence-electron chi connectivity index (χ0n) is 6.71. The van der Waals surface area contributed by atoms with Crippen LogP contribution in [0.4, 0.5) is 0 Å². The van der Waals surface area contributed by atoms with Crippen LogP contribution in [0.15, 0.2) is 22.7 Å². The first-order chi connectivity index (χ1) is 5.65. The number of nitrogens with two attached hydrogens (primary N) is 1. The summed E-state index contributed by atoms with van der Waals surface area (Å²) < 4.78 is 0.855. The van der Waals surface area contributed by atoms with Gasteiger partial charge in [-0.3, -0.25) is 11.3 Å². The van der Waals surface area contributed by atoms with Crippen LogP contribution in [-0.4, -0.2) is 5.11 Å². The molecule has 4 heteroatoms. The van der Waals surface area contributed by atoms with Crippen LogP contribution in [0, 0.1) is 0 Å². The van der Waals surface area contributed by atoms with E-state index >= 15 is 0 Å². The molecule has 0 saturated carbocycles. The summed E-state index contributed by atoms with van der Waals surface area (Å²) in [5.41, 5.74) is 3.36. The minimum atomic E-state index is -0.0434. The highest BCUT2D eigenvalue weighted by Crippen LogP contribution is 2.26. The van der Waals surface area contributed by atoms with Crippen LogP contribution in [0.5, 0.6) is 5.75 Å². The second kappa shape index (κ2) is 3.89. The lowest BCUT2D eigenvalue weighted by molar-refractivity contribution is 0.454. The molecule has 66 valence electrons. The quantitative estimate of drug-likeness (QED) is 0.536. The van der Waals surface area contributed by atoms with Crippen LogP contribution in [0.2, 0.25) is 0 Å². The molecule has 1 atom stereocenters. The molecule has 0 amide bonds. The average Bonchev–Trinajstić information content (AvgIpc) is 2.03. The molecule has 0 bridgehead atoms. The number of aromatic hydroxyl groups is 1. The zero-order chi connectivity index (χ0) is 9.14. The van der Waals surface area contributed by atoms with Gasteiger partial charge in [-0.15, -0.1) is 0 Å². The second-order valence-electron chi connectivity index (χ2n) is 2.59. The highest BCUT2D eigenvalue weighted by molar-refractivity contribution is 9.10. The van der Waals surface area contributed by atoms with E-state index in [-0.39, 0.29) is 11.8 Å². The Morgan fingerprint density at radius 3 is 2.75 bits per heavy atom. The molecule has 1 aromatic carbocycles. The molecule has 0 heterocycles. The lowest BCUT2D eigenvalue weighted by atomic mass is 10.1. The molecule has 12 heavy (non-hydrogen) atoms. The van der Waals surface area contributed by atoms with Crippen LogP contribution in [0.1, 0.15) is 18.5 Å². The van der Waals surface area contributed by atoms with Gasteiger partial charge in [0.1, 0.15) is 5.75 Å². The zero-order valence-corrected chi connectivity index (χ0v) is 8.30. The summed E-state index contributed by atoms with van der Waals surface area (Å²) in [6.07, 6.45) is 0. The summed E-state index contributed by atoms with van der Waals surface area (Å²) in [6.45, 7) is 1.88. The van der Waals surface area contributed by atoms with Crippen LogP contribution in [0.3, 0.4) is 0 Å². The third-order valence-corrected chi connectivity index (χ3v) is 2.20. The number of halogens is 1. The lowest BCUT2D eigenvalue weighted by Crippen LogP contribution is -2.25. The van der Waals surface area contributed by atoms with Gasteiger partial charge in [-0.2, -0.15) is 0 Å². The van der Waals surface area contributed by atoms with Crippen molar-refractivity contribution in [2.45, 2.75) is 13.0 Å². The van der Waals surface area contributed by atoms with Gasteiger partial charge in [-0.25, -0.2) is 0 Å². The summed E-state index contributed by atoms with van der Waals surface area (Å²) in [5.74, 6) is 5.48. The van der Waals surface area contributed by atoms with Crippen molar-refractivity contribution >= 4 is 15.9 Å². The number of hydrazine groups is 1. The Bertz CT molecular complexity index is 278. The molecule has 1 aromatic rings. The van der Waals surface area contributed by atoms with E-state index in [0.29, 0.717) is 0 Å². The fourth-order valence-corrected chi connectivity index (χ4v) is 1.32. The maximum Gasteiger partial charge on any atom is 0.121 e. The van der Waals surface area contributed by atoms with E-state index in [0.717, 1.165) is 10.0 Å². The molecule has 0 saturated heterocycles. The van der Waals surface area contributed by atoms with E-state index in [4.69, 9.17) is 5.84 Å². The van der Waals surface area contributed by atoms with Crippen molar-refractivity contribution in [3.05, 3.63) is 28.2 Å². The van der Waals surface area contributed by atoms with E-state index < -0.39 is 0 Å². The number of hydrogen-bond donors (Lipinski definition) is 3. The first-order valence-electron chi connectivity index (χ1n) is 3.59. The van der Waals surface area contributed by atoms with Crippen molar-refractivity contribution in [3.63, 3.8) is 0 Å². The van der Waals surface area contributed by atoms with E-state index in [1.54, 1.807) is 6.07 Å². The normalized spacial score (nSPS) is 12.9. The van der Waals surface area contributed by atoms with Crippen molar-refractivity contribution < 1.29 is 5.11 Å². The standard InChI is InChI=1S/C8H11BrN2O/c1-5(11-10)7-3-2-6(9)4-8(7)12/h2-5,11-12H,10H2,1H3/t5-/m0/s1. The molecule has 0 aliphatic carbocycles. The van der Waals surface area contributed by atoms with Gasteiger partial charge in [0, 0.05) is 16.1 Å². The van der Waals surface area contributed by atoms with Crippen LogP contribution >= 0.6 is 15.9 Å². The maximum atomic E-state index is 9.47. The van der Waals surface area contributed by atoms with Crippen LogP contribution < -0.4 is 11.3 Å². The maximum absolute atomic E-state index is 9.47. The Balaban J connectivity index is 3.01. The molecule has 0 radical (unpaired) electrons. The molecule has 0 aromatic heterocycles. The van der Waals surface area contributed by atoms with Crippen molar-refractivity contribution in [1.29, 1.82) is 0 Å². The summed E-state index contributed by atoms with van der Waals surface area (Å²) in [7, 11) is 0. The summed E-state index contributed by atoms with van der Waals surface area (Å²) in [4.78, 5) is 0. The van der Waals surface area contributed by atoms with Crippen molar-refractivity contribution in [2.75, 3.05) is 0 Å². The Morgan fingerprint density at radius 1 is 1.58 bits per heavy atom. The molecular formula is C8H11BrN2O. The Labute approximate surface area is 79.7 Å². The Kier molecular flexibility index (Phi) is 3.08. The SMILES string of the molecule is C[C@H](NN)c1ccc(Br)cc1O. The number of rotatable bonds is 2. The first-order valence-corrected chi connectivity index (χ1v) is 4.39. The molecule has 0 aliphatic rings. The van der Waals surface area contributed by atoms with Gasteiger partial charge in [-0.05, 0) is 19.1 Å². The van der Waals surface area contributed by atoms with Gasteiger partial charge >= 0.3 is 0 Å². The van der Waals surface area contributed by atoms with Gasteiger partial charge in [0.25, 0.3) is 0 Å². The predicted molar refractivity (Wildman–Crippen MR) is 51.5 cm³/mol. The van der Waals surface area contributed by atoms with Gasteiger partial charge in [0.15, 0.2) is 0 Å². The molecular weight excluding hydrogens is 220 g/mol. The van der Waals surface area contributed by atoms with Gasteiger partial charge < -0.3 is 5.11 Å². The highest BCUT2D eigenvalue weighted by Gasteiger charge is 2.07. The summed E-state index contributed by atoms with van der Waals surface area (Å²) in [5, 5.41) is 9.47. The molecule has 0 fully saturated rings. The van der Waals surface area contributed by atoms with Gasteiger partial charge in [0.2, 0.25) is 0 Å². The van der Waals surface area contributed by atoms with E-state index in [2.05, 4.69) is 21.4 Å². The molecule has 0 spiro atoms. The number of nitrogens with one attached hydrogen (secondary N) is 1. The average molecular weight is 231 g/mol. The topological polar surface area (TPSA) is 58.3 Å². The van der Waals surface area contributed by atoms with Crippen molar-refractivity contribution in [3.8, 4) is 5.75 Å². The van der Waals surface area contributed by atoms with E-state index in [9.17, 15) is 5.11 Å². The van der Waals surface area contributed by atoms with Crippen molar-refractivity contribution in [2.24, 2.45) is 5.84 Å². The molecule has 4 N–H and O–H groups in total. The summed E-state index contributed by atoms with van der Waals surface area (Å²) >= 11 is 3.26. The smallest absolute Gasteiger partial charge is 0.121 e. The third kappa shape index (κ3) is 1.97. The molecule has 3 nitrogen and oxygen atoms in total. The molecule has 1 rings (SSSR count). The Hall–Kier alpha value is -0.580. The minimum absolute atomic E-state index is 0.0434. The number of benzene rings is 1. The van der Waals surface area contributed by atoms with E-state index in [1.165, 1.54) is 0 Å².